The zero-order valence-corrected chi connectivity index (χ0v) is 9.97. The van der Waals surface area contributed by atoms with Crippen molar-refractivity contribution < 1.29 is 14.3 Å². The van der Waals surface area contributed by atoms with Crippen LogP contribution in [0.2, 0.25) is 0 Å². The number of hydrogen-bond acceptors (Lipinski definition) is 4. The molecule has 6 heteroatoms. The van der Waals surface area contributed by atoms with Gasteiger partial charge in [-0.1, -0.05) is 18.2 Å². The lowest BCUT2D eigenvalue weighted by molar-refractivity contribution is -0.123. The number of nitrogens with two attached hydrogens (primary N) is 1. The van der Waals surface area contributed by atoms with Crippen LogP contribution in [0, 0.1) is 0 Å². The molecule has 0 fully saturated rings. The van der Waals surface area contributed by atoms with Gasteiger partial charge in [0.05, 0.1) is 13.7 Å². The summed E-state index contributed by atoms with van der Waals surface area (Å²) in [5, 5.41) is 2.38. The van der Waals surface area contributed by atoms with Gasteiger partial charge in [0.25, 0.3) is 5.91 Å². The molecule has 0 spiro atoms. The summed E-state index contributed by atoms with van der Waals surface area (Å²) >= 11 is 0. The zero-order chi connectivity index (χ0) is 13.4. The smallest absolute Gasteiger partial charge is 0.253 e. The lowest BCUT2D eigenvalue weighted by atomic mass is 10.2. The van der Waals surface area contributed by atoms with Gasteiger partial charge in [0.2, 0.25) is 5.91 Å². The van der Waals surface area contributed by atoms with Gasteiger partial charge in [0.15, 0.2) is 0 Å². The monoisotopic (exact) mass is 249 g/mol. The molecule has 0 aliphatic heterocycles. The van der Waals surface area contributed by atoms with Gasteiger partial charge < -0.3 is 10.1 Å². The van der Waals surface area contributed by atoms with Gasteiger partial charge >= 0.3 is 0 Å². The van der Waals surface area contributed by atoms with E-state index >= 15 is 0 Å². The van der Waals surface area contributed by atoms with Gasteiger partial charge in [0, 0.05) is 11.6 Å². The Balaban J connectivity index is 2.58. The number of ether oxygens (including phenoxy) is 1. The molecular weight excluding hydrogens is 234 g/mol. The molecule has 6 nitrogen and oxygen atoms in total. The quantitative estimate of drug-likeness (QED) is 0.292. The molecule has 0 saturated heterocycles. The Morgan fingerprint density at radius 2 is 2.11 bits per heavy atom. The Hall–Kier alpha value is -2.34. The molecule has 0 bridgehead atoms. The third kappa shape index (κ3) is 4.26. The van der Waals surface area contributed by atoms with E-state index < -0.39 is 5.91 Å². The Labute approximate surface area is 105 Å². The lowest BCUT2D eigenvalue weighted by Gasteiger charge is -2.03. The summed E-state index contributed by atoms with van der Waals surface area (Å²) in [6.07, 6.45) is 2.93. The van der Waals surface area contributed by atoms with Crippen LogP contribution < -0.4 is 21.3 Å². The van der Waals surface area contributed by atoms with Crippen LogP contribution in [0.25, 0.3) is 6.08 Å². The minimum absolute atomic E-state index is 0.161. The number of carbonyl (C=O) groups is 2. The van der Waals surface area contributed by atoms with E-state index in [0.29, 0.717) is 5.75 Å². The molecule has 1 aromatic carbocycles. The average Bonchev–Trinajstić information content (AvgIpc) is 2.42. The fraction of sp³-hybridized carbons (Fsp3) is 0.167. The first-order valence-electron chi connectivity index (χ1n) is 5.25. The molecule has 0 aliphatic rings. The number of benzene rings is 1. The van der Waals surface area contributed by atoms with Crippen molar-refractivity contribution in [2.45, 2.75) is 0 Å². The van der Waals surface area contributed by atoms with Crippen molar-refractivity contribution in [3.63, 3.8) is 0 Å². The Morgan fingerprint density at radius 3 is 2.78 bits per heavy atom. The summed E-state index contributed by atoms with van der Waals surface area (Å²) in [5.74, 6) is 4.70. The van der Waals surface area contributed by atoms with E-state index in [0.717, 1.165) is 5.56 Å². The predicted octanol–water partition coefficient (Wildman–Crippen LogP) is -0.186. The van der Waals surface area contributed by atoms with Crippen molar-refractivity contribution in [3.8, 4) is 5.75 Å². The summed E-state index contributed by atoms with van der Waals surface area (Å²) in [5.41, 5.74) is 2.69. The minimum Gasteiger partial charge on any atom is -0.496 e. The van der Waals surface area contributed by atoms with Gasteiger partial charge in [-0.2, -0.15) is 0 Å². The second-order valence-electron chi connectivity index (χ2n) is 3.36. The van der Waals surface area contributed by atoms with Crippen LogP contribution in [-0.2, 0) is 9.59 Å². The van der Waals surface area contributed by atoms with Crippen LogP contribution in [0.1, 0.15) is 5.56 Å². The minimum atomic E-state index is -0.464. The molecule has 18 heavy (non-hydrogen) atoms. The van der Waals surface area contributed by atoms with Crippen molar-refractivity contribution in [1.82, 2.24) is 10.7 Å². The summed E-state index contributed by atoms with van der Waals surface area (Å²) in [6, 6.07) is 7.28. The highest BCUT2D eigenvalue weighted by Crippen LogP contribution is 2.18. The van der Waals surface area contributed by atoms with Gasteiger partial charge in [-0.05, 0) is 12.1 Å². The molecular formula is C12H15N3O3. The highest BCUT2D eigenvalue weighted by molar-refractivity contribution is 5.94. The molecule has 1 aromatic rings. The van der Waals surface area contributed by atoms with Gasteiger partial charge in [-0.15, -0.1) is 0 Å². The maximum atomic E-state index is 11.4. The maximum absolute atomic E-state index is 11.4. The van der Waals surface area contributed by atoms with Crippen LogP contribution >= 0.6 is 0 Å². The molecule has 0 radical (unpaired) electrons. The third-order valence-corrected chi connectivity index (χ3v) is 2.14. The molecule has 0 aromatic heterocycles. The summed E-state index contributed by atoms with van der Waals surface area (Å²) in [4.78, 5) is 22.2. The van der Waals surface area contributed by atoms with Crippen molar-refractivity contribution in [2.75, 3.05) is 13.7 Å². The summed E-state index contributed by atoms with van der Waals surface area (Å²) in [7, 11) is 1.55. The van der Waals surface area contributed by atoms with Crippen molar-refractivity contribution in [2.24, 2.45) is 5.84 Å². The Bertz CT molecular complexity index is 458. The number of carbonyl (C=O) groups excluding carboxylic acids is 2. The molecule has 1 rings (SSSR count). The number of amides is 2. The largest absolute Gasteiger partial charge is 0.496 e. The molecule has 0 atom stereocenters. The predicted molar refractivity (Wildman–Crippen MR) is 67.4 cm³/mol. The zero-order valence-electron chi connectivity index (χ0n) is 9.97. The average molecular weight is 249 g/mol. The number of nitrogens with one attached hydrogen (secondary N) is 2. The molecule has 2 amide bonds. The SMILES string of the molecule is COc1ccccc1/C=C/C(=O)NCC(=O)NN. The van der Waals surface area contributed by atoms with E-state index in [-0.39, 0.29) is 12.5 Å². The van der Waals surface area contributed by atoms with Crippen LogP contribution in [0.5, 0.6) is 5.75 Å². The molecule has 4 N–H and O–H groups in total. The van der Waals surface area contributed by atoms with Crippen molar-refractivity contribution >= 4 is 17.9 Å². The normalized spacial score (nSPS) is 10.1. The van der Waals surface area contributed by atoms with Gasteiger partial charge in [0.1, 0.15) is 5.75 Å². The van der Waals surface area contributed by atoms with Crippen molar-refractivity contribution in [1.29, 1.82) is 0 Å². The third-order valence-electron chi connectivity index (χ3n) is 2.14. The summed E-state index contributed by atoms with van der Waals surface area (Å²) < 4.78 is 5.13. The number of rotatable bonds is 5. The maximum Gasteiger partial charge on any atom is 0.253 e. The van der Waals surface area contributed by atoms with Gasteiger partial charge in [-0.25, -0.2) is 5.84 Å². The number of para-hydroxylation sites is 1. The van der Waals surface area contributed by atoms with Gasteiger partial charge in [-0.3, -0.25) is 15.0 Å². The Kier molecular flexibility index (Phi) is 5.40. The first-order valence-corrected chi connectivity index (χ1v) is 5.25. The number of hydrogen-bond donors (Lipinski definition) is 3. The highest BCUT2D eigenvalue weighted by Gasteiger charge is 2.01. The molecule has 0 unspecified atom stereocenters. The first kappa shape index (κ1) is 13.7. The van der Waals surface area contributed by atoms with Crippen LogP contribution in [0.4, 0.5) is 0 Å². The topological polar surface area (TPSA) is 93.4 Å². The van der Waals surface area contributed by atoms with Crippen molar-refractivity contribution in [3.05, 3.63) is 35.9 Å². The molecule has 0 heterocycles. The fourth-order valence-electron chi connectivity index (χ4n) is 1.25. The second kappa shape index (κ2) is 7.08. The molecule has 0 saturated carbocycles. The lowest BCUT2D eigenvalue weighted by Crippen LogP contribution is -2.39. The van der Waals surface area contributed by atoms with E-state index in [2.05, 4.69) is 5.32 Å². The van der Waals surface area contributed by atoms with E-state index in [1.165, 1.54) is 6.08 Å². The second-order valence-corrected chi connectivity index (χ2v) is 3.36. The number of methoxy groups -OCH3 is 1. The highest BCUT2D eigenvalue weighted by atomic mass is 16.5. The summed E-state index contributed by atoms with van der Waals surface area (Å²) in [6.45, 7) is -0.161. The Morgan fingerprint density at radius 1 is 1.39 bits per heavy atom. The number of hydrazine groups is 1. The standard InChI is InChI=1S/C12H15N3O3/c1-18-10-5-3-2-4-9(10)6-7-11(16)14-8-12(17)15-13/h2-7H,8,13H2,1H3,(H,14,16)(H,15,17)/b7-6+. The van der Waals surface area contributed by atoms with Crippen LogP contribution in [0.3, 0.4) is 0 Å². The van der Waals surface area contributed by atoms with E-state index in [9.17, 15) is 9.59 Å². The fourth-order valence-corrected chi connectivity index (χ4v) is 1.25. The first-order chi connectivity index (χ1) is 8.67. The van der Waals surface area contributed by atoms with E-state index in [4.69, 9.17) is 10.6 Å². The van der Waals surface area contributed by atoms with Crippen LogP contribution in [0.15, 0.2) is 30.3 Å². The molecule has 0 aliphatic carbocycles. The molecule has 96 valence electrons. The van der Waals surface area contributed by atoms with E-state index in [1.54, 1.807) is 19.3 Å². The van der Waals surface area contributed by atoms with Crippen LogP contribution in [-0.4, -0.2) is 25.5 Å². The van der Waals surface area contributed by atoms with E-state index in [1.807, 2.05) is 23.6 Å².